The number of carbonyl (C=O) groups is 1. The fourth-order valence-electron chi connectivity index (χ4n) is 3.31. The predicted octanol–water partition coefficient (Wildman–Crippen LogP) is 6.29. The van der Waals surface area contributed by atoms with E-state index in [9.17, 15) is 4.79 Å². The first-order valence-corrected chi connectivity index (χ1v) is 13.4. The van der Waals surface area contributed by atoms with Gasteiger partial charge in [-0.3, -0.25) is 14.8 Å². The summed E-state index contributed by atoms with van der Waals surface area (Å²) in [4.78, 5) is 21.2. The highest BCUT2D eigenvalue weighted by atomic mass is 16.5. The van der Waals surface area contributed by atoms with E-state index in [2.05, 4.69) is 69.1 Å². The highest BCUT2D eigenvalue weighted by Gasteiger charge is 2.17. The van der Waals surface area contributed by atoms with Crippen molar-refractivity contribution in [3.05, 3.63) is 0 Å². The van der Waals surface area contributed by atoms with Crippen molar-refractivity contribution in [3.8, 4) is 0 Å². The molecule has 0 aliphatic heterocycles. The van der Waals surface area contributed by atoms with Gasteiger partial charge in [-0.25, -0.2) is 0 Å². The number of guanidine groups is 1. The summed E-state index contributed by atoms with van der Waals surface area (Å²) in [7, 11) is 0. The normalized spacial score (nSPS) is 12.7. The number of hydrogen-bond donors (Lipinski definition) is 2. The Hall–Kier alpha value is -1.59. The van der Waals surface area contributed by atoms with E-state index in [1.54, 1.807) is 0 Å². The van der Waals surface area contributed by atoms with Crippen LogP contribution in [-0.2, 0) is 9.53 Å². The first-order chi connectivity index (χ1) is 15.7. The van der Waals surface area contributed by atoms with Crippen molar-refractivity contribution in [3.63, 3.8) is 0 Å². The van der Waals surface area contributed by atoms with Crippen LogP contribution < -0.4 is 10.6 Å². The molecule has 0 aromatic heterocycles. The van der Waals surface area contributed by atoms with Crippen molar-refractivity contribution in [2.24, 2.45) is 15.4 Å². The summed E-state index contributed by atoms with van der Waals surface area (Å²) in [6.45, 7) is 16.6. The SMILES string of the molecule is CCCCCCCCCCCC(=O)OCC(C)(C)/C=N/CCCN/C(=N\C(C)C)NC(C)C. The van der Waals surface area contributed by atoms with E-state index in [1.165, 1.54) is 44.9 Å². The Morgan fingerprint density at radius 3 is 2.12 bits per heavy atom. The second kappa shape index (κ2) is 19.8. The topological polar surface area (TPSA) is 75.1 Å². The zero-order valence-corrected chi connectivity index (χ0v) is 22.8. The summed E-state index contributed by atoms with van der Waals surface area (Å²) in [5.74, 6) is 0.765. The van der Waals surface area contributed by atoms with Gasteiger partial charge in [-0.15, -0.1) is 0 Å². The van der Waals surface area contributed by atoms with Crippen molar-refractivity contribution >= 4 is 18.1 Å². The van der Waals surface area contributed by atoms with Gasteiger partial charge in [-0.05, 0) is 40.5 Å². The molecule has 0 rings (SSSR count). The standard InChI is InChI=1S/C27H54N4O2/c1-8-9-10-11-12-13-14-15-16-18-25(32)33-22-27(6,7)21-28-19-17-20-29-26(30-23(2)3)31-24(4)5/h21,23-24H,8-20,22H2,1-7H3,(H2,29,30,31)/b28-21+. The molecular formula is C27H54N4O2. The molecule has 6 nitrogen and oxygen atoms in total. The smallest absolute Gasteiger partial charge is 0.305 e. The maximum atomic E-state index is 12.0. The zero-order chi connectivity index (χ0) is 25.0. The fraction of sp³-hybridized carbons (Fsp3) is 0.889. The minimum Gasteiger partial charge on any atom is -0.465 e. The van der Waals surface area contributed by atoms with Gasteiger partial charge in [0.05, 0.1) is 0 Å². The van der Waals surface area contributed by atoms with Crippen LogP contribution in [0.5, 0.6) is 0 Å². The lowest BCUT2D eigenvalue weighted by Crippen LogP contribution is -2.42. The average Bonchev–Trinajstić information content (AvgIpc) is 2.72. The summed E-state index contributed by atoms with van der Waals surface area (Å²) >= 11 is 0. The van der Waals surface area contributed by atoms with Crippen LogP contribution in [0.3, 0.4) is 0 Å². The van der Waals surface area contributed by atoms with Crippen molar-refractivity contribution in [2.75, 3.05) is 19.7 Å². The summed E-state index contributed by atoms with van der Waals surface area (Å²) in [5, 5.41) is 6.70. The molecule has 0 saturated heterocycles. The Morgan fingerprint density at radius 1 is 0.939 bits per heavy atom. The molecule has 0 aliphatic carbocycles. The number of hydrogen-bond acceptors (Lipinski definition) is 4. The molecule has 0 radical (unpaired) electrons. The van der Waals surface area contributed by atoms with Gasteiger partial charge < -0.3 is 15.4 Å². The van der Waals surface area contributed by atoms with Crippen LogP contribution in [0.1, 0.15) is 119 Å². The van der Waals surface area contributed by atoms with Crippen molar-refractivity contribution < 1.29 is 9.53 Å². The van der Waals surface area contributed by atoms with Crippen LogP contribution in [0.4, 0.5) is 0 Å². The van der Waals surface area contributed by atoms with E-state index in [0.717, 1.165) is 38.3 Å². The highest BCUT2D eigenvalue weighted by Crippen LogP contribution is 2.14. The number of esters is 1. The third kappa shape index (κ3) is 22.0. The average molecular weight is 467 g/mol. The van der Waals surface area contributed by atoms with E-state index in [1.807, 2.05) is 6.21 Å². The van der Waals surface area contributed by atoms with Crippen LogP contribution in [0.2, 0.25) is 0 Å². The van der Waals surface area contributed by atoms with Gasteiger partial charge >= 0.3 is 5.97 Å². The molecule has 0 atom stereocenters. The number of nitrogens with zero attached hydrogens (tertiary/aromatic N) is 2. The molecule has 0 aromatic carbocycles. The first-order valence-electron chi connectivity index (χ1n) is 13.4. The molecule has 0 heterocycles. The van der Waals surface area contributed by atoms with Gasteiger partial charge in [0.25, 0.3) is 0 Å². The number of rotatable bonds is 19. The van der Waals surface area contributed by atoms with Gasteiger partial charge in [0, 0.05) is 43.2 Å². The number of ether oxygens (including phenoxy) is 1. The number of carbonyl (C=O) groups excluding carboxylic acids is 1. The lowest BCUT2D eigenvalue weighted by atomic mass is 9.97. The molecule has 194 valence electrons. The minimum atomic E-state index is -0.245. The van der Waals surface area contributed by atoms with Crippen LogP contribution in [0, 0.1) is 5.41 Å². The number of aliphatic imine (C=N–C) groups is 2. The van der Waals surface area contributed by atoms with E-state index in [4.69, 9.17) is 4.74 Å². The summed E-state index contributed by atoms with van der Waals surface area (Å²) in [5.41, 5.74) is -0.245. The molecule has 0 saturated carbocycles. The molecule has 0 aliphatic rings. The lowest BCUT2D eigenvalue weighted by Gasteiger charge is -2.19. The molecule has 33 heavy (non-hydrogen) atoms. The van der Waals surface area contributed by atoms with Gasteiger partial charge in [0.1, 0.15) is 6.61 Å². The summed E-state index contributed by atoms with van der Waals surface area (Å²) in [6.07, 6.45) is 14.6. The van der Waals surface area contributed by atoms with Gasteiger partial charge in [-0.1, -0.05) is 72.1 Å². The molecule has 0 fully saturated rings. The van der Waals surface area contributed by atoms with Crippen LogP contribution in [0.25, 0.3) is 0 Å². The fourth-order valence-corrected chi connectivity index (χ4v) is 3.31. The molecule has 0 spiro atoms. The summed E-state index contributed by atoms with van der Waals surface area (Å²) < 4.78 is 5.50. The molecule has 0 aromatic rings. The van der Waals surface area contributed by atoms with Crippen LogP contribution in [0.15, 0.2) is 9.98 Å². The summed E-state index contributed by atoms with van der Waals surface area (Å²) in [6, 6.07) is 0.595. The first kappa shape index (κ1) is 31.4. The number of nitrogens with one attached hydrogen (secondary N) is 2. The van der Waals surface area contributed by atoms with E-state index in [0.29, 0.717) is 19.1 Å². The molecular weight excluding hydrogens is 412 g/mol. The van der Waals surface area contributed by atoms with Crippen LogP contribution in [-0.4, -0.2) is 49.9 Å². The Balaban J connectivity index is 3.91. The lowest BCUT2D eigenvalue weighted by molar-refractivity contribution is -0.145. The maximum absolute atomic E-state index is 12.0. The largest absolute Gasteiger partial charge is 0.465 e. The third-order valence-electron chi connectivity index (χ3n) is 5.10. The third-order valence-corrected chi connectivity index (χ3v) is 5.10. The molecule has 2 N–H and O–H groups in total. The molecule has 0 bridgehead atoms. The van der Waals surface area contributed by atoms with Crippen molar-refractivity contribution in [2.45, 2.75) is 131 Å². The second-order valence-corrected chi connectivity index (χ2v) is 10.4. The van der Waals surface area contributed by atoms with Gasteiger partial charge in [0.15, 0.2) is 5.96 Å². The van der Waals surface area contributed by atoms with E-state index < -0.39 is 0 Å². The van der Waals surface area contributed by atoms with Crippen LogP contribution >= 0.6 is 0 Å². The zero-order valence-electron chi connectivity index (χ0n) is 22.8. The second-order valence-electron chi connectivity index (χ2n) is 10.4. The minimum absolute atomic E-state index is 0.0850. The Morgan fingerprint density at radius 2 is 1.55 bits per heavy atom. The molecule has 6 heteroatoms. The Labute approximate surface area is 204 Å². The van der Waals surface area contributed by atoms with E-state index >= 15 is 0 Å². The monoisotopic (exact) mass is 466 g/mol. The Kier molecular flexibility index (Phi) is 18.9. The molecule has 0 amide bonds. The predicted molar refractivity (Wildman–Crippen MR) is 143 cm³/mol. The van der Waals surface area contributed by atoms with Gasteiger partial charge in [0.2, 0.25) is 0 Å². The Bertz CT molecular complexity index is 542. The molecule has 0 unspecified atom stereocenters. The maximum Gasteiger partial charge on any atom is 0.305 e. The van der Waals surface area contributed by atoms with Gasteiger partial charge in [-0.2, -0.15) is 0 Å². The van der Waals surface area contributed by atoms with Crippen molar-refractivity contribution in [1.82, 2.24) is 10.6 Å². The highest BCUT2D eigenvalue weighted by molar-refractivity contribution is 5.80. The number of unbranched alkanes of at least 4 members (excludes halogenated alkanes) is 8. The quantitative estimate of drug-likeness (QED) is 0.101. The van der Waals surface area contributed by atoms with E-state index in [-0.39, 0.29) is 17.4 Å². The van der Waals surface area contributed by atoms with Crippen molar-refractivity contribution in [1.29, 1.82) is 0 Å².